The topological polar surface area (TPSA) is 76.1 Å². The second kappa shape index (κ2) is 5.83. The number of hydrogen-bond donors (Lipinski definition) is 1. The maximum atomic E-state index is 12.0. The highest BCUT2D eigenvalue weighted by atomic mass is 35.7. The van der Waals surface area contributed by atoms with Crippen LogP contribution in [0.25, 0.3) is 0 Å². The minimum absolute atomic E-state index is 0.0239. The van der Waals surface area contributed by atoms with Crippen molar-refractivity contribution in [3.63, 3.8) is 0 Å². The van der Waals surface area contributed by atoms with Crippen LogP contribution in [-0.2, 0) is 9.05 Å². The summed E-state index contributed by atoms with van der Waals surface area (Å²) in [7, 11) is 1.52. The van der Waals surface area contributed by atoms with E-state index < -0.39 is 9.05 Å². The molecule has 1 aromatic carbocycles. The molecule has 0 unspecified atom stereocenters. The molecule has 0 aliphatic rings. The molecule has 1 amide bonds. The van der Waals surface area contributed by atoms with Crippen LogP contribution in [0.5, 0.6) is 0 Å². The number of amides is 1. The van der Waals surface area contributed by atoms with Crippen molar-refractivity contribution in [3.05, 3.63) is 53.3 Å². The number of nitrogens with one attached hydrogen (secondary N) is 1. The van der Waals surface area contributed by atoms with E-state index in [0.717, 1.165) is 5.69 Å². The molecule has 1 heterocycles. The van der Waals surface area contributed by atoms with Crippen molar-refractivity contribution in [2.75, 3.05) is 5.32 Å². The van der Waals surface area contributed by atoms with Crippen LogP contribution in [0.2, 0.25) is 0 Å². The fraction of sp³-hybridized carbons (Fsp3) is 0.143. The number of hydrogen-bond acceptors (Lipinski definition) is 4. The van der Waals surface area contributed by atoms with Gasteiger partial charge in [-0.25, -0.2) is 13.4 Å². The monoisotopic (exact) mass is 324 g/mol. The zero-order chi connectivity index (χ0) is 15.6. The zero-order valence-corrected chi connectivity index (χ0v) is 13.0. The molecule has 0 spiro atoms. The molecule has 21 heavy (non-hydrogen) atoms. The molecule has 5 nitrogen and oxygen atoms in total. The number of pyridine rings is 1. The third-order valence-electron chi connectivity index (χ3n) is 2.82. The fourth-order valence-electron chi connectivity index (χ4n) is 1.87. The molecule has 0 aliphatic carbocycles. The largest absolute Gasteiger partial charge is 0.321 e. The lowest BCUT2D eigenvalue weighted by atomic mass is 10.2. The van der Waals surface area contributed by atoms with Gasteiger partial charge in [-0.05, 0) is 49.7 Å². The van der Waals surface area contributed by atoms with E-state index in [0.29, 0.717) is 16.9 Å². The number of carbonyl (C=O) groups is 1. The fourth-order valence-corrected chi connectivity index (χ4v) is 3.06. The predicted molar refractivity (Wildman–Crippen MR) is 81.1 cm³/mol. The number of carbonyl (C=O) groups excluding carboxylic acids is 1. The van der Waals surface area contributed by atoms with Gasteiger partial charge in [0.05, 0.1) is 4.90 Å². The van der Waals surface area contributed by atoms with Gasteiger partial charge in [0.15, 0.2) is 0 Å². The Hall–Kier alpha value is -1.92. The first kappa shape index (κ1) is 15.5. The Morgan fingerprint density at radius 1 is 1.19 bits per heavy atom. The van der Waals surface area contributed by atoms with Crippen LogP contribution < -0.4 is 5.32 Å². The summed E-state index contributed by atoms with van der Waals surface area (Å²) in [5, 5.41) is 2.67. The smallest absolute Gasteiger partial charge is 0.274 e. The molecule has 2 rings (SSSR count). The summed E-state index contributed by atoms with van der Waals surface area (Å²) in [5.74, 6) is -0.361. The van der Waals surface area contributed by atoms with E-state index in [1.54, 1.807) is 38.1 Å². The molecule has 0 atom stereocenters. The molecule has 0 saturated heterocycles. The Balaban J connectivity index is 2.25. The number of rotatable bonds is 3. The Kier molecular flexibility index (Phi) is 4.29. The first-order valence-electron chi connectivity index (χ1n) is 6.08. The third kappa shape index (κ3) is 3.80. The minimum Gasteiger partial charge on any atom is -0.321 e. The summed E-state index contributed by atoms with van der Waals surface area (Å²) in [4.78, 5) is 16.2. The first-order valence-corrected chi connectivity index (χ1v) is 8.38. The summed E-state index contributed by atoms with van der Waals surface area (Å²) < 4.78 is 22.6. The van der Waals surface area contributed by atoms with Crippen molar-refractivity contribution in [1.29, 1.82) is 0 Å². The molecule has 1 N–H and O–H groups in total. The van der Waals surface area contributed by atoms with E-state index in [9.17, 15) is 13.2 Å². The summed E-state index contributed by atoms with van der Waals surface area (Å²) >= 11 is 0. The SMILES string of the molecule is Cc1cccc(C(=O)Nc2ccc(S(=O)(=O)Cl)c(C)c2)n1. The van der Waals surface area contributed by atoms with Gasteiger partial charge in [0.2, 0.25) is 0 Å². The van der Waals surface area contributed by atoms with Crippen LogP contribution in [0.3, 0.4) is 0 Å². The molecule has 0 aliphatic heterocycles. The van der Waals surface area contributed by atoms with Gasteiger partial charge in [0.25, 0.3) is 15.0 Å². The number of aryl methyl sites for hydroxylation is 2. The van der Waals surface area contributed by atoms with Gasteiger partial charge in [0.1, 0.15) is 5.69 Å². The lowest BCUT2D eigenvalue weighted by molar-refractivity contribution is 0.102. The summed E-state index contributed by atoms with van der Waals surface area (Å²) in [6.07, 6.45) is 0. The van der Waals surface area contributed by atoms with Crippen LogP contribution in [0.1, 0.15) is 21.7 Å². The van der Waals surface area contributed by atoms with Gasteiger partial charge in [-0.15, -0.1) is 0 Å². The maximum absolute atomic E-state index is 12.0. The number of benzene rings is 1. The molecule has 7 heteroatoms. The van der Waals surface area contributed by atoms with Crippen molar-refractivity contribution in [3.8, 4) is 0 Å². The van der Waals surface area contributed by atoms with E-state index in [1.165, 1.54) is 12.1 Å². The maximum Gasteiger partial charge on any atom is 0.274 e. The lowest BCUT2D eigenvalue weighted by Crippen LogP contribution is -2.14. The summed E-state index contributed by atoms with van der Waals surface area (Å²) in [5.41, 5.74) is 1.97. The second-order valence-corrected chi connectivity index (χ2v) is 7.07. The molecule has 0 saturated carbocycles. The molecule has 0 radical (unpaired) electrons. The number of nitrogens with zero attached hydrogens (tertiary/aromatic N) is 1. The van der Waals surface area contributed by atoms with Gasteiger partial charge in [-0.3, -0.25) is 4.79 Å². The van der Waals surface area contributed by atoms with Crippen molar-refractivity contribution in [2.24, 2.45) is 0 Å². The molecule has 2 aromatic rings. The normalized spacial score (nSPS) is 11.2. The quantitative estimate of drug-likeness (QED) is 0.881. The molecular formula is C14H13ClN2O3S. The lowest BCUT2D eigenvalue weighted by Gasteiger charge is -2.08. The Morgan fingerprint density at radius 3 is 2.48 bits per heavy atom. The zero-order valence-electron chi connectivity index (χ0n) is 11.4. The number of halogens is 1. The Labute approximate surface area is 127 Å². The van der Waals surface area contributed by atoms with E-state index in [1.807, 2.05) is 0 Å². The van der Waals surface area contributed by atoms with Gasteiger partial charge in [-0.2, -0.15) is 0 Å². The number of anilines is 1. The summed E-state index contributed by atoms with van der Waals surface area (Å²) in [6, 6.07) is 9.52. The van der Waals surface area contributed by atoms with Crippen LogP contribution >= 0.6 is 10.7 Å². The predicted octanol–water partition coefficient (Wildman–Crippen LogP) is 2.88. The molecule has 110 valence electrons. The van der Waals surface area contributed by atoms with Crippen molar-refractivity contribution >= 4 is 31.3 Å². The Morgan fingerprint density at radius 2 is 1.90 bits per heavy atom. The van der Waals surface area contributed by atoms with Crippen molar-refractivity contribution in [1.82, 2.24) is 4.98 Å². The van der Waals surface area contributed by atoms with Crippen molar-refractivity contribution in [2.45, 2.75) is 18.7 Å². The van der Waals surface area contributed by atoms with E-state index >= 15 is 0 Å². The van der Waals surface area contributed by atoms with Gasteiger partial charge in [-0.1, -0.05) is 6.07 Å². The standard InChI is InChI=1S/C14H13ClN2O3S/c1-9-8-11(6-7-13(9)21(15,19)20)17-14(18)12-5-3-4-10(2)16-12/h3-8H,1-2H3,(H,17,18). The van der Waals surface area contributed by atoms with Crippen LogP contribution in [-0.4, -0.2) is 19.3 Å². The number of aromatic nitrogens is 1. The van der Waals surface area contributed by atoms with Crippen LogP contribution in [0.15, 0.2) is 41.3 Å². The van der Waals surface area contributed by atoms with Gasteiger partial charge < -0.3 is 5.32 Å². The average Bonchev–Trinajstić information content (AvgIpc) is 2.37. The van der Waals surface area contributed by atoms with E-state index in [4.69, 9.17) is 10.7 Å². The van der Waals surface area contributed by atoms with E-state index in [2.05, 4.69) is 10.3 Å². The second-order valence-electron chi connectivity index (χ2n) is 4.54. The van der Waals surface area contributed by atoms with Gasteiger partial charge in [0, 0.05) is 22.1 Å². The highest BCUT2D eigenvalue weighted by Crippen LogP contribution is 2.23. The average molecular weight is 325 g/mol. The Bertz CT molecular complexity index is 804. The van der Waals surface area contributed by atoms with Crippen LogP contribution in [0.4, 0.5) is 5.69 Å². The van der Waals surface area contributed by atoms with E-state index in [-0.39, 0.29) is 10.8 Å². The molecule has 0 fully saturated rings. The third-order valence-corrected chi connectivity index (χ3v) is 4.30. The minimum atomic E-state index is -3.79. The van der Waals surface area contributed by atoms with Crippen LogP contribution in [0, 0.1) is 13.8 Å². The molecule has 1 aromatic heterocycles. The van der Waals surface area contributed by atoms with Gasteiger partial charge >= 0.3 is 0 Å². The molecule has 0 bridgehead atoms. The first-order chi connectivity index (χ1) is 9.77. The summed E-state index contributed by atoms with van der Waals surface area (Å²) in [6.45, 7) is 3.40. The van der Waals surface area contributed by atoms with Crippen molar-refractivity contribution < 1.29 is 13.2 Å². The highest BCUT2D eigenvalue weighted by Gasteiger charge is 2.14. The highest BCUT2D eigenvalue weighted by molar-refractivity contribution is 8.13. The molecular weight excluding hydrogens is 312 g/mol.